The Hall–Kier alpha value is -3.35. The van der Waals surface area contributed by atoms with Crippen molar-refractivity contribution in [2.45, 2.75) is 33.2 Å². The molecule has 0 spiro atoms. The second-order valence-corrected chi connectivity index (χ2v) is 7.88. The van der Waals surface area contributed by atoms with Crippen molar-refractivity contribution in [3.8, 4) is 5.75 Å². The zero-order chi connectivity index (χ0) is 22.3. The Labute approximate surface area is 177 Å². The van der Waals surface area contributed by atoms with E-state index in [0.29, 0.717) is 29.1 Å². The van der Waals surface area contributed by atoms with Crippen LogP contribution >= 0.6 is 0 Å². The van der Waals surface area contributed by atoms with E-state index in [-0.39, 0.29) is 29.8 Å². The van der Waals surface area contributed by atoms with Crippen molar-refractivity contribution in [3.05, 3.63) is 59.7 Å². The molecule has 0 aromatic heterocycles. The summed E-state index contributed by atoms with van der Waals surface area (Å²) in [5.74, 6) is -0.154. The number of nitrogens with one attached hydrogen (secondary N) is 2. The summed E-state index contributed by atoms with van der Waals surface area (Å²) in [6.07, 6.45) is 0. The molecule has 30 heavy (non-hydrogen) atoms. The zero-order valence-corrected chi connectivity index (χ0v) is 18.1. The molecule has 0 atom stereocenters. The SMILES string of the molecule is CCN(CC(=O)Nc1cccc(OC)c1)C(=O)c1ccc(C(=O)NC(C)(C)C)cc1. The van der Waals surface area contributed by atoms with E-state index in [1.54, 1.807) is 55.6 Å². The highest BCUT2D eigenvalue weighted by Gasteiger charge is 2.19. The van der Waals surface area contributed by atoms with E-state index in [0.717, 1.165) is 0 Å². The Kier molecular flexibility index (Phi) is 7.58. The monoisotopic (exact) mass is 411 g/mol. The predicted molar refractivity (Wildman–Crippen MR) is 117 cm³/mol. The molecule has 2 rings (SSSR count). The molecule has 0 aliphatic carbocycles. The van der Waals surface area contributed by atoms with Crippen molar-refractivity contribution in [3.63, 3.8) is 0 Å². The molecule has 7 nitrogen and oxygen atoms in total. The van der Waals surface area contributed by atoms with Gasteiger partial charge in [-0.15, -0.1) is 0 Å². The summed E-state index contributed by atoms with van der Waals surface area (Å²) in [4.78, 5) is 38.9. The Balaban J connectivity index is 2.02. The Morgan fingerprint density at radius 1 is 1.00 bits per heavy atom. The fourth-order valence-electron chi connectivity index (χ4n) is 2.76. The summed E-state index contributed by atoms with van der Waals surface area (Å²) in [7, 11) is 1.55. The van der Waals surface area contributed by atoms with Gasteiger partial charge in [0, 0.05) is 35.0 Å². The van der Waals surface area contributed by atoms with Gasteiger partial charge in [-0.25, -0.2) is 0 Å². The van der Waals surface area contributed by atoms with Gasteiger partial charge in [-0.2, -0.15) is 0 Å². The maximum atomic E-state index is 12.8. The summed E-state index contributed by atoms with van der Waals surface area (Å²) in [5, 5.41) is 5.65. The lowest BCUT2D eigenvalue weighted by atomic mass is 10.1. The maximum Gasteiger partial charge on any atom is 0.254 e. The fourth-order valence-corrected chi connectivity index (χ4v) is 2.76. The first-order valence-corrected chi connectivity index (χ1v) is 9.78. The summed E-state index contributed by atoms with van der Waals surface area (Å²) >= 11 is 0. The summed E-state index contributed by atoms with van der Waals surface area (Å²) in [5.41, 5.74) is 1.14. The van der Waals surface area contributed by atoms with Crippen molar-refractivity contribution in [1.29, 1.82) is 0 Å². The molecule has 0 radical (unpaired) electrons. The smallest absolute Gasteiger partial charge is 0.254 e. The average molecular weight is 412 g/mol. The Bertz CT molecular complexity index is 901. The highest BCUT2D eigenvalue weighted by atomic mass is 16.5. The van der Waals surface area contributed by atoms with Crippen LogP contribution in [-0.2, 0) is 4.79 Å². The minimum atomic E-state index is -0.347. The van der Waals surface area contributed by atoms with Gasteiger partial charge in [0.25, 0.3) is 11.8 Å². The van der Waals surface area contributed by atoms with E-state index in [9.17, 15) is 14.4 Å². The highest BCUT2D eigenvalue weighted by molar-refractivity contribution is 6.00. The molecular weight excluding hydrogens is 382 g/mol. The van der Waals surface area contributed by atoms with Gasteiger partial charge in [0.05, 0.1) is 7.11 Å². The van der Waals surface area contributed by atoms with Crippen molar-refractivity contribution < 1.29 is 19.1 Å². The molecule has 0 aliphatic heterocycles. The van der Waals surface area contributed by atoms with Crippen LogP contribution in [0.1, 0.15) is 48.4 Å². The minimum Gasteiger partial charge on any atom is -0.497 e. The van der Waals surface area contributed by atoms with Crippen LogP contribution in [0.15, 0.2) is 48.5 Å². The second kappa shape index (κ2) is 9.91. The van der Waals surface area contributed by atoms with Crippen LogP contribution in [0.25, 0.3) is 0 Å². The maximum absolute atomic E-state index is 12.8. The fraction of sp³-hybridized carbons (Fsp3) is 0.348. The lowest BCUT2D eigenvalue weighted by molar-refractivity contribution is -0.116. The number of methoxy groups -OCH3 is 1. The molecule has 0 unspecified atom stereocenters. The molecule has 0 heterocycles. The number of hydrogen-bond donors (Lipinski definition) is 2. The topological polar surface area (TPSA) is 87.7 Å². The quantitative estimate of drug-likeness (QED) is 0.732. The van der Waals surface area contributed by atoms with Gasteiger partial charge in [0.1, 0.15) is 12.3 Å². The molecule has 3 amide bonds. The molecule has 2 aromatic rings. The number of nitrogens with zero attached hydrogens (tertiary/aromatic N) is 1. The molecule has 7 heteroatoms. The third kappa shape index (κ3) is 6.62. The third-order valence-corrected chi connectivity index (χ3v) is 4.24. The number of anilines is 1. The van der Waals surface area contributed by atoms with Crippen LogP contribution in [0.2, 0.25) is 0 Å². The first-order valence-electron chi connectivity index (χ1n) is 9.78. The molecule has 160 valence electrons. The predicted octanol–water partition coefficient (Wildman–Crippen LogP) is 3.32. The summed E-state index contributed by atoms with van der Waals surface area (Å²) in [6.45, 7) is 7.80. The Morgan fingerprint density at radius 2 is 1.63 bits per heavy atom. The van der Waals surface area contributed by atoms with E-state index >= 15 is 0 Å². The number of benzene rings is 2. The standard InChI is InChI=1S/C23H29N3O4/c1-6-26(15-20(27)24-18-8-7-9-19(14-18)30-5)22(29)17-12-10-16(11-13-17)21(28)25-23(2,3)4/h7-14H,6,15H2,1-5H3,(H,24,27)(H,25,28). The molecule has 0 aliphatic rings. The van der Waals surface area contributed by atoms with E-state index in [1.165, 1.54) is 4.90 Å². The number of carbonyl (C=O) groups is 3. The van der Waals surface area contributed by atoms with E-state index in [4.69, 9.17) is 4.74 Å². The van der Waals surface area contributed by atoms with Crippen LogP contribution in [0.4, 0.5) is 5.69 Å². The highest BCUT2D eigenvalue weighted by Crippen LogP contribution is 2.17. The normalized spacial score (nSPS) is 10.8. The number of likely N-dealkylation sites (N-methyl/N-ethyl adjacent to an activating group) is 1. The number of carbonyl (C=O) groups excluding carboxylic acids is 3. The summed E-state index contributed by atoms with van der Waals surface area (Å²) in [6, 6.07) is 13.4. The van der Waals surface area contributed by atoms with Crippen LogP contribution in [-0.4, -0.2) is 48.4 Å². The summed E-state index contributed by atoms with van der Waals surface area (Å²) < 4.78 is 5.14. The van der Waals surface area contributed by atoms with Crippen LogP contribution < -0.4 is 15.4 Å². The van der Waals surface area contributed by atoms with E-state index in [2.05, 4.69) is 10.6 Å². The van der Waals surface area contributed by atoms with Gasteiger partial charge < -0.3 is 20.3 Å². The Morgan fingerprint density at radius 3 is 2.20 bits per heavy atom. The van der Waals surface area contributed by atoms with Crippen LogP contribution in [0.3, 0.4) is 0 Å². The van der Waals surface area contributed by atoms with E-state index < -0.39 is 0 Å². The lowest BCUT2D eigenvalue weighted by Crippen LogP contribution is -2.40. The molecular formula is C23H29N3O4. The first-order chi connectivity index (χ1) is 14.1. The lowest BCUT2D eigenvalue weighted by Gasteiger charge is -2.21. The van der Waals surface area contributed by atoms with Crippen molar-refractivity contribution >= 4 is 23.4 Å². The van der Waals surface area contributed by atoms with Crippen LogP contribution in [0, 0.1) is 0 Å². The van der Waals surface area contributed by atoms with Gasteiger partial charge in [-0.05, 0) is 64.1 Å². The molecule has 0 saturated heterocycles. The second-order valence-electron chi connectivity index (χ2n) is 7.88. The third-order valence-electron chi connectivity index (χ3n) is 4.24. The van der Waals surface area contributed by atoms with Crippen molar-refractivity contribution in [2.24, 2.45) is 0 Å². The van der Waals surface area contributed by atoms with Gasteiger partial charge in [0.15, 0.2) is 0 Å². The number of amides is 3. The number of hydrogen-bond acceptors (Lipinski definition) is 4. The van der Waals surface area contributed by atoms with Crippen molar-refractivity contribution in [1.82, 2.24) is 10.2 Å². The largest absolute Gasteiger partial charge is 0.497 e. The molecule has 2 N–H and O–H groups in total. The molecule has 2 aromatic carbocycles. The molecule has 0 saturated carbocycles. The van der Waals surface area contributed by atoms with E-state index in [1.807, 2.05) is 27.7 Å². The van der Waals surface area contributed by atoms with Gasteiger partial charge in [-0.1, -0.05) is 6.07 Å². The zero-order valence-electron chi connectivity index (χ0n) is 18.1. The van der Waals surface area contributed by atoms with Gasteiger partial charge >= 0.3 is 0 Å². The van der Waals surface area contributed by atoms with Crippen molar-refractivity contribution in [2.75, 3.05) is 25.5 Å². The first kappa shape index (κ1) is 22.9. The van der Waals surface area contributed by atoms with Crippen LogP contribution in [0.5, 0.6) is 5.75 Å². The minimum absolute atomic E-state index is 0.0845. The molecule has 0 fully saturated rings. The average Bonchev–Trinajstić information content (AvgIpc) is 2.70. The van der Waals surface area contributed by atoms with Gasteiger partial charge in [0.2, 0.25) is 5.91 Å². The van der Waals surface area contributed by atoms with Gasteiger partial charge in [-0.3, -0.25) is 14.4 Å². The molecule has 0 bridgehead atoms. The number of ether oxygens (including phenoxy) is 1. The number of rotatable bonds is 7.